The standard InChI is InChI=1S/C13H22BrN3O2Si/c1-13(2,11-15-8-10(14)9-16-11)17-12(18)19-6-7-20(3,4)5/h8-9H,6-7H2,1-5H3,(H,17,18). The second-order valence-electron chi connectivity index (χ2n) is 6.42. The molecule has 0 unspecified atom stereocenters. The number of rotatable bonds is 5. The topological polar surface area (TPSA) is 64.1 Å². The molecule has 0 aromatic carbocycles. The molecule has 0 saturated carbocycles. The van der Waals surface area contributed by atoms with Crippen molar-refractivity contribution in [2.75, 3.05) is 6.61 Å². The summed E-state index contributed by atoms with van der Waals surface area (Å²) in [6.07, 6.45) is 2.88. The van der Waals surface area contributed by atoms with Crippen molar-refractivity contribution in [3.05, 3.63) is 22.7 Å². The van der Waals surface area contributed by atoms with Gasteiger partial charge < -0.3 is 10.1 Å². The van der Waals surface area contributed by atoms with Gasteiger partial charge in [-0.3, -0.25) is 0 Å². The fourth-order valence-corrected chi connectivity index (χ4v) is 2.35. The SMILES string of the molecule is CC(C)(NC(=O)OCC[Si](C)(C)C)c1ncc(Br)cn1. The van der Waals surface area contributed by atoms with Crippen LogP contribution in [-0.2, 0) is 10.3 Å². The molecule has 1 aromatic rings. The molecule has 0 radical (unpaired) electrons. The molecule has 1 N–H and O–H groups in total. The Kier molecular flexibility index (Phi) is 5.70. The van der Waals surface area contributed by atoms with Crippen LogP contribution in [0.5, 0.6) is 0 Å². The van der Waals surface area contributed by atoms with Crippen LogP contribution in [0.2, 0.25) is 25.7 Å². The molecular weight excluding hydrogens is 338 g/mol. The highest BCUT2D eigenvalue weighted by Gasteiger charge is 2.26. The zero-order valence-electron chi connectivity index (χ0n) is 12.7. The fourth-order valence-electron chi connectivity index (χ4n) is 1.43. The second kappa shape index (κ2) is 6.67. The van der Waals surface area contributed by atoms with Crippen molar-refractivity contribution < 1.29 is 9.53 Å². The summed E-state index contributed by atoms with van der Waals surface area (Å²) < 4.78 is 6.02. The zero-order valence-corrected chi connectivity index (χ0v) is 15.2. The molecule has 0 aliphatic rings. The first kappa shape index (κ1) is 17.1. The lowest BCUT2D eigenvalue weighted by Crippen LogP contribution is -2.43. The number of carbonyl (C=O) groups is 1. The molecular formula is C13H22BrN3O2Si. The van der Waals surface area contributed by atoms with Gasteiger partial charge in [0.05, 0.1) is 16.6 Å². The van der Waals surface area contributed by atoms with Gasteiger partial charge in [-0.2, -0.15) is 0 Å². The van der Waals surface area contributed by atoms with Gasteiger partial charge in [0, 0.05) is 20.5 Å². The minimum atomic E-state index is -1.19. The summed E-state index contributed by atoms with van der Waals surface area (Å²) in [6.45, 7) is 10.9. The van der Waals surface area contributed by atoms with E-state index in [1.165, 1.54) is 0 Å². The summed E-state index contributed by atoms with van der Waals surface area (Å²) in [5.41, 5.74) is -0.670. The molecule has 0 aliphatic carbocycles. The summed E-state index contributed by atoms with van der Waals surface area (Å²) in [5, 5.41) is 2.79. The summed E-state index contributed by atoms with van der Waals surface area (Å²) in [5.74, 6) is 0.544. The molecule has 112 valence electrons. The average molecular weight is 360 g/mol. The molecule has 0 saturated heterocycles. The van der Waals surface area contributed by atoms with E-state index in [1.54, 1.807) is 12.4 Å². The number of aromatic nitrogens is 2. The Morgan fingerprint density at radius 3 is 2.40 bits per heavy atom. The van der Waals surface area contributed by atoms with E-state index in [-0.39, 0.29) is 0 Å². The number of hydrogen-bond donors (Lipinski definition) is 1. The first-order valence-corrected chi connectivity index (χ1v) is 11.0. The molecule has 7 heteroatoms. The number of carbonyl (C=O) groups excluding carboxylic acids is 1. The van der Waals surface area contributed by atoms with Crippen LogP contribution in [0.1, 0.15) is 19.7 Å². The van der Waals surface area contributed by atoms with Crippen LogP contribution in [0.4, 0.5) is 4.79 Å². The van der Waals surface area contributed by atoms with Crippen LogP contribution in [0.15, 0.2) is 16.9 Å². The van der Waals surface area contributed by atoms with E-state index >= 15 is 0 Å². The van der Waals surface area contributed by atoms with Crippen LogP contribution >= 0.6 is 15.9 Å². The van der Waals surface area contributed by atoms with Crippen LogP contribution in [0.3, 0.4) is 0 Å². The highest BCUT2D eigenvalue weighted by atomic mass is 79.9. The molecule has 1 aromatic heterocycles. The van der Waals surface area contributed by atoms with E-state index in [0.29, 0.717) is 12.4 Å². The Morgan fingerprint density at radius 2 is 1.90 bits per heavy atom. The largest absolute Gasteiger partial charge is 0.450 e. The maximum atomic E-state index is 11.8. The lowest BCUT2D eigenvalue weighted by Gasteiger charge is -2.24. The van der Waals surface area contributed by atoms with Crippen LogP contribution < -0.4 is 5.32 Å². The average Bonchev–Trinajstić information content (AvgIpc) is 2.26. The van der Waals surface area contributed by atoms with Crippen molar-refractivity contribution in [1.82, 2.24) is 15.3 Å². The molecule has 0 atom stereocenters. The third-order valence-electron chi connectivity index (χ3n) is 2.68. The van der Waals surface area contributed by atoms with E-state index in [1.807, 2.05) is 13.8 Å². The summed E-state index contributed by atoms with van der Waals surface area (Å²) in [4.78, 5) is 20.2. The number of amides is 1. The molecule has 5 nitrogen and oxygen atoms in total. The minimum absolute atomic E-state index is 0.431. The number of nitrogens with zero attached hydrogens (tertiary/aromatic N) is 2. The number of alkyl carbamates (subject to hydrolysis) is 1. The highest BCUT2D eigenvalue weighted by molar-refractivity contribution is 9.10. The first-order valence-electron chi connectivity index (χ1n) is 6.53. The van der Waals surface area contributed by atoms with Gasteiger partial charge in [-0.05, 0) is 35.8 Å². The predicted molar refractivity (Wildman–Crippen MR) is 85.4 cm³/mol. The summed E-state index contributed by atoms with van der Waals surface area (Å²) in [7, 11) is -1.19. The smallest absolute Gasteiger partial charge is 0.407 e. The molecule has 1 amide bonds. The number of ether oxygens (including phenoxy) is 1. The Hall–Kier alpha value is -0.953. The molecule has 0 fully saturated rings. The molecule has 0 aliphatic heterocycles. The summed E-state index contributed by atoms with van der Waals surface area (Å²) in [6, 6.07) is 0.954. The van der Waals surface area contributed by atoms with Gasteiger partial charge >= 0.3 is 6.09 Å². The maximum absolute atomic E-state index is 11.8. The summed E-state index contributed by atoms with van der Waals surface area (Å²) >= 11 is 3.28. The van der Waals surface area contributed by atoms with Crippen molar-refractivity contribution >= 4 is 30.1 Å². The maximum Gasteiger partial charge on any atom is 0.407 e. The molecule has 20 heavy (non-hydrogen) atoms. The molecule has 0 spiro atoms. The Balaban J connectivity index is 2.53. The Bertz CT molecular complexity index is 458. The van der Waals surface area contributed by atoms with Gasteiger partial charge in [0.2, 0.25) is 0 Å². The molecule has 0 bridgehead atoms. The van der Waals surface area contributed by atoms with Crippen molar-refractivity contribution in [3.63, 3.8) is 0 Å². The van der Waals surface area contributed by atoms with Crippen LogP contribution in [0, 0.1) is 0 Å². The first-order chi connectivity index (χ1) is 9.10. The third kappa shape index (κ3) is 6.00. The van der Waals surface area contributed by atoms with Crippen molar-refractivity contribution in [3.8, 4) is 0 Å². The van der Waals surface area contributed by atoms with E-state index in [9.17, 15) is 4.79 Å². The minimum Gasteiger partial charge on any atom is -0.450 e. The van der Waals surface area contributed by atoms with E-state index in [2.05, 4.69) is 50.9 Å². The Morgan fingerprint density at radius 1 is 1.35 bits per heavy atom. The van der Waals surface area contributed by atoms with Gasteiger partial charge in [0.1, 0.15) is 0 Å². The van der Waals surface area contributed by atoms with Crippen molar-refractivity contribution in [1.29, 1.82) is 0 Å². The van der Waals surface area contributed by atoms with Crippen molar-refractivity contribution in [2.24, 2.45) is 0 Å². The van der Waals surface area contributed by atoms with Crippen LogP contribution in [-0.4, -0.2) is 30.7 Å². The molecule has 1 heterocycles. The quantitative estimate of drug-likeness (QED) is 0.816. The lowest BCUT2D eigenvalue weighted by atomic mass is 10.1. The van der Waals surface area contributed by atoms with E-state index < -0.39 is 19.7 Å². The fraction of sp³-hybridized carbons (Fsp3) is 0.615. The number of halogens is 1. The van der Waals surface area contributed by atoms with Gasteiger partial charge in [-0.15, -0.1) is 0 Å². The predicted octanol–water partition coefficient (Wildman–Crippen LogP) is 3.54. The Labute approximate surface area is 129 Å². The van der Waals surface area contributed by atoms with Crippen LogP contribution in [0.25, 0.3) is 0 Å². The lowest BCUT2D eigenvalue weighted by molar-refractivity contribution is 0.140. The van der Waals surface area contributed by atoms with Gasteiger partial charge in [0.15, 0.2) is 5.82 Å². The van der Waals surface area contributed by atoms with E-state index in [4.69, 9.17) is 4.74 Å². The molecule has 1 rings (SSSR count). The second-order valence-corrected chi connectivity index (χ2v) is 13.0. The normalized spacial score (nSPS) is 12.1. The monoisotopic (exact) mass is 359 g/mol. The number of nitrogens with one attached hydrogen (secondary N) is 1. The number of hydrogen-bond acceptors (Lipinski definition) is 4. The van der Waals surface area contributed by atoms with Gasteiger partial charge in [0.25, 0.3) is 0 Å². The third-order valence-corrected chi connectivity index (χ3v) is 4.79. The van der Waals surface area contributed by atoms with Gasteiger partial charge in [-0.1, -0.05) is 19.6 Å². The van der Waals surface area contributed by atoms with Crippen molar-refractivity contribution in [2.45, 2.75) is 45.1 Å². The van der Waals surface area contributed by atoms with Gasteiger partial charge in [-0.25, -0.2) is 14.8 Å². The highest BCUT2D eigenvalue weighted by Crippen LogP contribution is 2.17. The van der Waals surface area contributed by atoms with E-state index in [0.717, 1.165) is 10.5 Å². The zero-order chi connectivity index (χ0) is 15.4.